The van der Waals surface area contributed by atoms with E-state index in [-0.39, 0.29) is 11.8 Å². The van der Waals surface area contributed by atoms with E-state index in [4.69, 9.17) is 4.52 Å². The van der Waals surface area contributed by atoms with Gasteiger partial charge in [-0.2, -0.15) is 0 Å². The van der Waals surface area contributed by atoms with E-state index in [1.54, 1.807) is 19.0 Å². The van der Waals surface area contributed by atoms with Gasteiger partial charge in [0.15, 0.2) is 0 Å². The van der Waals surface area contributed by atoms with Crippen LogP contribution in [0.15, 0.2) is 71.3 Å². The second kappa shape index (κ2) is 10.0. The lowest BCUT2D eigenvalue weighted by molar-refractivity contribution is -0.147. The van der Waals surface area contributed by atoms with Gasteiger partial charge in [0.05, 0.1) is 5.41 Å². The van der Waals surface area contributed by atoms with Crippen molar-refractivity contribution in [2.45, 2.75) is 32.1 Å². The van der Waals surface area contributed by atoms with Crippen molar-refractivity contribution >= 4 is 11.8 Å². The SMILES string of the molecule is CN(C)C(=O)[C@]1(Cc2cc(-c3ccccc3)no2)CCCN(C(=O)CCc2ccccc2)C1. The summed E-state index contributed by atoms with van der Waals surface area (Å²) in [5, 5.41) is 4.22. The Morgan fingerprint density at radius 1 is 1.06 bits per heavy atom. The zero-order valence-corrected chi connectivity index (χ0v) is 19.4. The molecule has 1 aliphatic rings. The Morgan fingerprint density at radius 3 is 2.45 bits per heavy atom. The van der Waals surface area contributed by atoms with Gasteiger partial charge in [0.1, 0.15) is 11.5 Å². The van der Waals surface area contributed by atoms with E-state index in [1.807, 2.05) is 71.6 Å². The van der Waals surface area contributed by atoms with Crippen LogP contribution in [0.25, 0.3) is 11.3 Å². The van der Waals surface area contributed by atoms with E-state index >= 15 is 0 Å². The lowest BCUT2D eigenvalue weighted by atomic mass is 9.75. The van der Waals surface area contributed by atoms with Crippen molar-refractivity contribution in [3.8, 4) is 11.3 Å². The molecule has 0 N–H and O–H groups in total. The molecule has 0 aliphatic carbocycles. The summed E-state index contributed by atoms with van der Waals surface area (Å²) in [6.07, 6.45) is 3.07. The summed E-state index contributed by atoms with van der Waals surface area (Å²) in [5.74, 6) is 0.792. The summed E-state index contributed by atoms with van der Waals surface area (Å²) in [6.45, 7) is 1.08. The standard InChI is InChI=1S/C27H31N3O3/c1-29(2)26(32)27(19-23-18-24(28-33-23)22-12-7-4-8-13-22)16-9-17-30(20-27)25(31)15-14-21-10-5-3-6-11-21/h3-8,10-13,18H,9,14-17,19-20H2,1-2H3/t27-/m0/s1. The molecule has 2 aromatic carbocycles. The first-order valence-electron chi connectivity index (χ1n) is 11.5. The fourth-order valence-corrected chi connectivity index (χ4v) is 4.74. The molecule has 0 unspecified atom stereocenters. The quantitative estimate of drug-likeness (QED) is 0.546. The van der Waals surface area contributed by atoms with Gasteiger partial charge in [-0.25, -0.2) is 0 Å². The predicted octanol–water partition coefficient (Wildman–Crippen LogP) is 4.21. The van der Waals surface area contributed by atoms with E-state index in [2.05, 4.69) is 5.16 Å². The first kappa shape index (κ1) is 22.8. The molecule has 1 aliphatic heterocycles. The maximum atomic E-state index is 13.4. The summed E-state index contributed by atoms with van der Waals surface area (Å²) in [6, 6.07) is 21.8. The van der Waals surface area contributed by atoms with Crippen molar-refractivity contribution in [1.29, 1.82) is 0 Å². The molecule has 1 fully saturated rings. The van der Waals surface area contributed by atoms with Crippen molar-refractivity contribution in [1.82, 2.24) is 15.0 Å². The van der Waals surface area contributed by atoms with Crippen LogP contribution in [0.5, 0.6) is 0 Å². The summed E-state index contributed by atoms with van der Waals surface area (Å²) in [5.41, 5.74) is 2.16. The third-order valence-corrected chi connectivity index (χ3v) is 6.40. The van der Waals surface area contributed by atoms with Crippen LogP contribution in [0.2, 0.25) is 0 Å². The minimum atomic E-state index is -0.711. The zero-order valence-electron chi connectivity index (χ0n) is 19.4. The van der Waals surface area contributed by atoms with Crippen molar-refractivity contribution in [3.63, 3.8) is 0 Å². The molecule has 6 heteroatoms. The van der Waals surface area contributed by atoms with Gasteiger partial charge < -0.3 is 14.3 Å². The van der Waals surface area contributed by atoms with Gasteiger partial charge in [0.25, 0.3) is 0 Å². The fraction of sp³-hybridized carbons (Fsp3) is 0.370. The molecular weight excluding hydrogens is 414 g/mol. The summed E-state index contributed by atoms with van der Waals surface area (Å²) in [4.78, 5) is 29.9. The van der Waals surface area contributed by atoms with Gasteiger partial charge in [-0.1, -0.05) is 65.8 Å². The Morgan fingerprint density at radius 2 is 1.76 bits per heavy atom. The molecule has 0 radical (unpaired) electrons. The molecule has 1 atom stereocenters. The van der Waals surface area contributed by atoms with Gasteiger partial charge in [0, 0.05) is 51.7 Å². The van der Waals surface area contributed by atoms with Gasteiger partial charge >= 0.3 is 0 Å². The number of carbonyl (C=O) groups is 2. The van der Waals surface area contributed by atoms with Gasteiger partial charge in [-0.3, -0.25) is 9.59 Å². The number of nitrogens with zero attached hydrogens (tertiary/aromatic N) is 3. The van der Waals surface area contributed by atoms with Crippen molar-refractivity contribution in [3.05, 3.63) is 78.1 Å². The summed E-state index contributed by atoms with van der Waals surface area (Å²) >= 11 is 0. The number of piperidine rings is 1. The number of benzene rings is 2. The van der Waals surface area contributed by atoms with Crippen molar-refractivity contribution in [2.24, 2.45) is 5.41 Å². The fourth-order valence-electron chi connectivity index (χ4n) is 4.74. The maximum Gasteiger partial charge on any atom is 0.230 e. The van der Waals surface area contributed by atoms with Crippen LogP contribution in [-0.2, 0) is 22.4 Å². The van der Waals surface area contributed by atoms with Crippen LogP contribution in [-0.4, -0.2) is 54.0 Å². The second-order valence-electron chi connectivity index (χ2n) is 9.11. The highest BCUT2D eigenvalue weighted by Crippen LogP contribution is 2.36. The topological polar surface area (TPSA) is 66.7 Å². The van der Waals surface area contributed by atoms with E-state index < -0.39 is 5.41 Å². The Bertz CT molecular complexity index is 1080. The second-order valence-corrected chi connectivity index (χ2v) is 9.11. The molecule has 4 rings (SSSR count). The number of amides is 2. The average Bonchev–Trinajstić information content (AvgIpc) is 3.31. The summed E-state index contributed by atoms with van der Waals surface area (Å²) in [7, 11) is 3.55. The third kappa shape index (κ3) is 5.33. The number of aromatic nitrogens is 1. The molecule has 2 heterocycles. The van der Waals surface area contributed by atoms with Crippen LogP contribution in [0.4, 0.5) is 0 Å². The Balaban J connectivity index is 1.51. The average molecular weight is 446 g/mol. The van der Waals surface area contributed by atoms with Crippen molar-refractivity contribution < 1.29 is 14.1 Å². The molecule has 172 valence electrons. The lowest BCUT2D eigenvalue weighted by Crippen LogP contribution is -2.54. The molecule has 2 amide bonds. The molecule has 6 nitrogen and oxygen atoms in total. The van der Waals surface area contributed by atoms with Crippen LogP contribution < -0.4 is 0 Å². The minimum absolute atomic E-state index is 0.0284. The first-order chi connectivity index (χ1) is 16.0. The molecule has 0 bridgehead atoms. The van der Waals surface area contributed by atoms with Crippen LogP contribution >= 0.6 is 0 Å². The number of hydrogen-bond donors (Lipinski definition) is 0. The van der Waals surface area contributed by atoms with E-state index in [1.165, 1.54) is 0 Å². The van der Waals surface area contributed by atoms with E-state index in [0.29, 0.717) is 44.5 Å². The molecule has 1 saturated heterocycles. The Hall–Kier alpha value is -3.41. The van der Waals surface area contributed by atoms with Gasteiger partial charge in [-0.05, 0) is 24.8 Å². The molecule has 0 saturated carbocycles. The number of hydrogen-bond acceptors (Lipinski definition) is 4. The third-order valence-electron chi connectivity index (χ3n) is 6.40. The minimum Gasteiger partial charge on any atom is -0.361 e. The molecular formula is C27H31N3O3. The highest BCUT2D eigenvalue weighted by molar-refractivity contribution is 5.84. The van der Waals surface area contributed by atoms with Crippen molar-refractivity contribution in [2.75, 3.05) is 27.2 Å². The largest absolute Gasteiger partial charge is 0.361 e. The molecule has 0 spiro atoms. The number of rotatable bonds is 7. The summed E-state index contributed by atoms with van der Waals surface area (Å²) < 4.78 is 5.65. The maximum absolute atomic E-state index is 13.4. The van der Waals surface area contributed by atoms with E-state index in [0.717, 1.165) is 23.2 Å². The van der Waals surface area contributed by atoms with Crippen LogP contribution in [0.1, 0.15) is 30.6 Å². The van der Waals surface area contributed by atoms with Gasteiger partial charge in [-0.15, -0.1) is 0 Å². The van der Waals surface area contributed by atoms with Gasteiger partial charge in [0.2, 0.25) is 11.8 Å². The Labute approximate surface area is 195 Å². The smallest absolute Gasteiger partial charge is 0.230 e. The highest BCUT2D eigenvalue weighted by atomic mass is 16.5. The number of carbonyl (C=O) groups excluding carboxylic acids is 2. The monoisotopic (exact) mass is 445 g/mol. The number of likely N-dealkylation sites (tertiary alicyclic amines) is 1. The lowest BCUT2D eigenvalue weighted by Gasteiger charge is -2.42. The number of aryl methyl sites for hydroxylation is 1. The van der Waals surface area contributed by atoms with Crippen LogP contribution in [0, 0.1) is 5.41 Å². The first-order valence-corrected chi connectivity index (χ1v) is 11.5. The highest BCUT2D eigenvalue weighted by Gasteiger charge is 2.45. The van der Waals surface area contributed by atoms with E-state index in [9.17, 15) is 9.59 Å². The molecule has 3 aromatic rings. The Kier molecular flexibility index (Phi) is 6.92. The molecule has 33 heavy (non-hydrogen) atoms. The van der Waals surface area contributed by atoms with Crippen LogP contribution in [0.3, 0.4) is 0 Å². The predicted molar refractivity (Wildman–Crippen MR) is 127 cm³/mol. The zero-order chi connectivity index (χ0) is 23.3. The molecule has 1 aromatic heterocycles. The normalized spacial score (nSPS) is 18.2.